The van der Waals surface area contributed by atoms with Gasteiger partial charge >= 0.3 is 17.5 Å². The SMILES string of the molecule is CCOC(=O)C1(C(=O)OCC)CC(c2ccc(OC)cc2)=NO1. The van der Waals surface area contributed by atoms with Crippen LogP contribution < -0.4 is 4.74 Å². The van der Waals surface area contributed by atoms with Gasteiger partial charge in [-0.25, -0.2) is 9.59 Å². The van der Waals surface area contributed by atoms with E-state index in [4.69, 9.17) is 19.0 Å². The van der Waals surface area contributed by atoms with Crippen molar-refractivity contribution in [2.45, 2.75) is 25.9 Å². The number of carbonyl (C=O) groups excluding carboxylic acids is 2. The van der Waals surface area contributed by atoms with Crippen molar-refractivity contribution in [3.63, 3.8) is 0 Å². The Morgan fingerprint density at radius 2 is 1.70 bits per heavy atom. The second-order valence-electron chi connectivity index (χ2n) is 4.80. The number of hydrogen-bond donors (Lipinski definition) is 0. The number of oxime groups is 1. The van der Waals surface area contributed by atoms with Gasteiger partial charge < -0.3 is 19.0 Å². The number of carbonyl (C=O) groups is 2. The summed E-state index contributed by atoms with van der Waals surface area (Å²) >= 11 is 0. The molecular formula is C16H19NO6. The van der Waals surface area contributed by atoms with Crippen molar-refractivity contribution in [1.82, 2.24) is 0 Å². The van der Waals surface area contributed by atoms with Crippen LogP contribution in [0.3, 0.4) is 0 Å². The van der Waals surface area contributed by atoms with Crippen LogP contribution in [0.5, 0.6) is 5.75 Å². The Labute approximate surface area is 134 Å². The van der Waals surface area contributed by atoms with Crippen LogP contribution in [0.2, 0.25) is 0 Å². The van der Waals surface area contributed by atoms with Gasteiger partial charge in [-0.2, -0.15) is 0 Å². The molecule has 0 N–H and O–H groups in total. The maximum absolute atomic E-state index is 12.2. The third-order valence-corrected chi connectivity index (χ3v) is 3.36. The van der Waals surface area contributed by atoms with Crippen molar-refractivity contribution in [3.05, 3.63) is 29.8 Å². The van der Waals surface area contributed by atoms with E-state index in [1.165, 1.54) is 0 Å². The second-order valence-corrected chi connectivity index (χ2v) is 4.80. The second kappa shape index (κ2) is 7.13. The zero-order valence-corrected chi connectivity index (χ0v) is 13.3. The van der Waals surface area contributed by atoms with E-state index >= 15 is 0 Å². The predicted octanol–water partition coefficient (Wildman–Crippen LogP) is 1.68. The molecule has 0 spiro atoms. The topological polar surface area (TPSA) is 83.4 Å². The maximum Gasteiger partial charge on any atom is 0.365 e. The minimum atomic E-state index is -1.87. The normalized spacial score (nSPS) is 15.3. The molecule has 1 aliphatic rings. The molecule has 7 heteroatoms. The Bertz CT molecular complexity index is 590. The highest BCUT2D eigenvalue weighted by atomic mass is 16.7. The fourth-order valence-corrected chi connectivity index (χ4v) is 2.17. The van der Waals surface area contributed by atoms with Crippen molar-refractivity contribution in [2.75, 3.05) is 20.3 Å². The van der Waals surface area contributed by atoms with Gasteiger partial charge in [-0.15, -0.1) is 0 Å². The highest BCUT2D eigenvalue weighted by Gasteiger charge is 2.56. The molecule has 1 aromatic rings. The number of ether oxygens (including phenoxy) is 3. The molecular weight excluding hydrogens is 302 g/mol. The molecule has 0 aliphatic carbocycles. The number of methoxy groups -OCH3 is 1. The molecule has 0 radical (unpaired) electrons. The van der Waals surface area contributed by atoms with E-state index in [1.54, 1.807) is 45.2 Å². The highest BCUT2D eigenvalue weighted by Crippen LogP contribution is 2.30. The molecule has 0 amide bonds. The lowest BCUT2D eigenvalue weighted by molar-refractivity contribution is -0.187. The Balaban J connectivity index is 2.24. The van der Waals surface area contributed by atoms with E-state index in [-0.39, 0.29) is 19.6 Å². The zero-order valence-electron chi connectivity index (χ0n) is 13.3. The fraction of sp³-hybridized carbons (Fsp3) is 0.438. The first-order chi connectivity index (χ1) is 11.1. The number of hydrogen-bond acceptors (Lipinski definition) is 7. The number of esters is 2. The molecule has 0 bridgehead atoms. The van der Waals surface area contributed by atoms with Crippen LogP contribution in [0.25, 0.3) is 0 Å². The molecule has 0 saturated heterocycles. The summed E-state index contributed by atoms with van der Waals surface area (Å²) in [7, 11) is 1.57. The Kier molecular flexibility index (Phi) is 5.20. The van der Waals surface area contributed by atoms with Gasteiger partial charge in [0.2, 0.25) is 0 Å². The van der Waals surface area contributed by atoms with Gasteiger partial charge in [0, 0.05) is 0 Å². The summed E-state index contributed by atoms with van der Waals surface area (Å²) in [5.41, 5.74) is -0.684. The Hall–Kier alpha value is -2.57. The standard InChI is InChI=1S/C16H19NO6/c1-4-21-14(18)16(15(19)22-5-2)10-13(17-23-16)11-6-8-12(20-3)9-7-11/h6-9H,4-5,10H2,1-3H3. The number of nitrogens with zero attached hydrogens (tertiary/aromatic N) is 1. The zero-order chi connectivity index (χ0) is 16.9. The van der Waals surface area contributed by atoms with E-state index < -0.39 is 17.5 Å². The Morgan fingerprint density at radius 3 is 2.17 bits per heavy atom. The summed E-state index contributed by atoms with van der Waals surface area (Å²) < 4.78 is 15.0. The molecule has 0 saturated carbocycles. The monoisotopic (exact) mass is 321 g/mol. The van der Waals surface area contributed by atoms with Crippen LogP contribution in [-0.4, -0.2) is 43.6 Å². The van der Waals surface area contributed by atoms with Gasteiger partial charge in [0.1, 0.15) is 5.75 Å². The van der Waals surface area contributed by atoms with Crippen LogP contribution >= 0.6 is 0 Å². The summed E-state index contributed by atoms with van der Waals surface area (Å²) in [6, 6.07) is 7.06. The van der Waals surface area contributed by atoms with Crippen LogP contribution in [0.15, 0.2) is 29.4 Å². The average Bonchev–Trinajstić information content (AvgIpc) is 3.02. The molecule has 7 nitrogen and oxygen atoms in total. The van der Waals surface area contributed by atoms with Crippen molar-refractivity contribution in [3.8, 4) is 5.75 Å². The molecule has 1 aromatic carbocycles. The predicted molar refractivity (Wildman–Crippen MR) is 81.2 cm³/mol. The first kappa shape index (κ1) is 16.8. The van der Waals surface area contributed by atoms with Crippen LogP contribution in [0, 0.1) is 0 Å². The molecule has 0 fully saturated rings. The summed E-state index contributed by atoms with van der Waals surface area (Å²) in [4.78, 5) is 29.6. The van der Waals surface area contributed by atoms with Crippen molar-refractivity contribution < 1.29 is 28.6 Å². The Morgan fingerprint density at radius 1 is 1.13 bits per heavy atom. The van der Waals surface area contributed by atoms with Crippen molar-refractivity contribution in [1.29, 1.82) is 0 Å². The third kappa shape index (κ3) is 3.28. The molecule has 2 rings (SSSR count). The summed E-state index contributed by atoms with van der Waals surface area (Å²) in [5, 5.41) is 3.90. The molecule has 1 heterocycles. The average molecular weight is 321 g/mol. The van der Waals surface area contributed by atoms with Crippen molar-refractivity contribution >= 4 is 17.7 Å². The first-order valence-electron chi connectivity index (χ1n) is 7.31. The van der Waals surface area contributed by atoms with Crippen LogP contribution in [0.4, 0.5) is 0 Å². The lowest BCUT2D eigenvalue weighted by Crippen LogP contribution is -2.49. The van der Waals surface area contributed by atoms with Gasteiger partial charge in [0.25, 0.3) is 0 Å². The van der Waals surface area contributed by atoms with Crippen LogP contribution in [-0.2, 0) is 23.9 Å². The molecule has 0 aromatic heterocycles. The molecule has 1 aliphatic heterocycles. The fourth-order valence-electron chi connectivity index (χ4n) is 2.17. The largest absolute Gasteiger partial charge is 0.497 e. The lowest BCUT2D eigenvalue weighted by Gasteiger charge is -2.21. The molecule has 23 heavy (non-hydrogen) atoms. The smallest absolute Gasteiger partial charge is 0.365 e. The third-order valence-electron chi connectivity index (χ3n) is 3.36. The molecule has 0 atom stereocenters. The lowest BCUT2D eigenvalue weighted by atomic mass is 9.94. The number of benzene rings is 1. The van der Waals surface area contributed by atoms with E-state index in [0.717, 1.165) is 5.56 Å². The molecule has 124 valence electrons. The summed E-state index contributed by atoms with van der Waals surface area (Å²) in [6.45, 7) is 3.55. The highest BCUT2D eigenvalue weighted by molar-refractivity contribution is 6.13. The van der Waals surface area contributed by atoms with Gasteiger partial charge in [-0.1, -0.05) is 5.16 Å². The quantitative estimate of drug-likeness (QED) is 0.585. The maximum atomic E-state index is 12.2. The summed E-state index contributed by atoms with van der Waals surface area (Å²) in [5.74, 6) is -0.910. The van der Waals surface area contributed by atoms with E-state index in [2.05, 4.69) is 5.16 Å². The van der Waals surface area contributed by atoms with E-state index in [9.17, 15) is 9.59 Å². The summed E-state index contributed by atoms with van der Waals surface area (Å²) in [6.07, 6.45) is -0.0446. The van der Waals surface area contributed by atoms with Gasteiger partial charge in [-0.05, 0) is 43.7 Å². The van der Waals surface area contributed by atoms with Gasteiger partial charge in [0.05, 0.1) is 32.5 Å². The van der Waals surface area contributed by atoms with E-state index in [1.807, 2.05) is 0 Å². The van der Waals surface area contributed by atoms with Gasteiger partial charge in [-0.3, -0.25) is 0 Å². The minimum absolute atomic E-state index is 0.0446. The van der Waals surface area contributed by atoms with E-state index in [0.29, 0.717) is 11.5 Å². The molecule has 0 unspecified atom stereocenters. The first-order valence-corrected chi connectivity index (χ1v) is 7.31. The van der Waals surface area contributed by atoms with Crippen LogP contribution in [0.1, 0.15) is 25.8 Å². The minimum Gasteiger partial charge on any atom is -0.497 e. The van der Waals surface area contributed by atoms with Gasteiger partial charge in [0.15, 0.2) is 0 Å². The number of rotatable bonds is 6. The van der Waals surface area contributed by atoms with Crippen molar-refractivity contribution in [2.24, 2.45) is 5.16 Å².